The van der Waals surface area contributed by atoms with Crippen molar-refractivity contribution in [1.29, 1.82) is 0 Å². The molecule has 4 heteroatoms. The minimum absolute atomic E-state index is 0.288. The molecule has 15 heavy (non-hydrogen) atoms. The van der Waals surface area contributed by atoms with Crippen molar-refractivity contribution in [3.63, 3.8) is 0 Å². The van der Waals surface area contributed by atoms with Crippen LogP contribution in [-0.4, -0.2) is 10.2 Å². The number of H-pyrrole nitrogens is 2. The van der Waals surface area contributed by atoms with E-state index in [1.54, 1.807) is 0 Å². The van der Waals surface area contributed by atoms with Gasteiger partial charge in [-0.1, -0.05) is 24.3 Å². The molecular formula is C11H10N2O2. The number of nitrogens with one attached hydrogen (secondary N) is 2. The minimum atomic E-state index is -0.312. The maximum atomic E-state index is 11.5. The molecule has 0 amide bonds. The molecule has 76 valence electrons. The minimum Gasteiger partial charge on any atom is -0.268 e. The first-order valence-corrected chi connectivity index (χ1v) is 4.56. The normalized spacial score (nSPS) is 10.2. The zero-order chi connectivity index (χ0) is 10.8. The highest BCUT2D eigenvalue weighted by molar-refractivity contribution is 5.65. The van der Waals surface area contributed by atoms with Crippen LogP contribution in [0.15, 0.2) is 39.9 Å². The topological polar surface area (TPSA) is 65.7 Å². The monoisotopic (exact) mass is 202 g/mol. The van der Waals surface area contributed by atoms with E-state index >= 15 is 0 Å². The average Bonchev–Trinajstić information content (AvgIpc) is 2.23. The molecule has 1 aromatic heterocycles. The van der Waals surface area contributed by atoms with Crippen LogP contribution in [-0.2, 0) is 0 Å². The van der Waals surface area contributed by atoms with Gasteiger partial charge in [0.2, 0.25) is 0 Å². The maximum Gasteiger partial charge on any atom is 0.270 e. The highest BCUT2D eigenvalue weighted by Gasteiger charge is 2.05. The molecule has 1 heterocycles. The smallest absolute Gasteiger partial charge is 0.268 e. The van der Waals surface area contributed by atoms with Gasteiger partial charge in [0.25, 0.3) is 11.1 Å². The van der Waals surface area contributed by atoms with Gasteiger partial charge in [0, 0.05) is 6.07 Å². The van der Waals surface area contributed by atoms with E-state index in [-0.39, 0.29) is 11.1 Å². The second kappa shape index (κ2) is 3.57. The van der Waals surface area contributed by atoms with Crippen molar-refractivity contribution in [2.75, 3.05) is 0 Å². The highest BCUT2D eigenvalue weighted by atomic mass is 16.1. The third kappa shape index (κ3) is 1.74. The first kappa shape index (κ1) is 9.45. The summed E-state index contributed by atoms with van der Waals surface area (Å²) in [6.07, 6.45) is 0. The predicted octanol–water partition coefficient (Wildman–Crippen LogP) is 1.04. The second-order valence-electron chi connectivity index (χ2n) is 3.32. The summed E-state index contributed by atoms with van der Waals surface area (Å²) in [6, 6.07) is 8.75. The first-order valence-electron chi connectivity index (χ1n) is 4.56. The van der Waals surface area contributed by atoms with Crippen LogP contribution in [0.25, 0.3) is 11.1 Å². The standard InChI is InChI=1S/C11H10N2O2/c1-7-4-2-3-5-8(7)9-6-10(14)12-13-11(9)15/h2-6H,1H3,(H,12,14)(H,13,15). The van der Waals surface area contributed by atoms with Crippen LogP contribution in [0, 0.1) is 6.92 Å². The van der Waals surface area contributed by atoms with E-state index in [9.17, 15) is 9.59 Å². The van der Waals surface area contributed by atoms with Crippen molar-refractivity contribution in [2.45, 2.75) is 6.92 Å². The number of hydrogen-bond donors (Lipinski definition) is 2. The van der Waals surface area contributed by atoms with E-state index in [0.29, 0.717) is 5.56 Å². The largest absolute Gasteiger partial charge is 0.270 e. The zero-order valence-electron chi connectivity index (χ0n) is 8.20. The summed E-state index contributed by atoms with van der Waals surface area (Å²) in [5, 5.41) is 4.54. The van der Waals surface area contributed by atoms with Crippen molar-refractivity contribution in [2.24, 2.45) is 0 Å². The summed E-state index contributed by atoms with van der Waals surface area (Å²) in [4.78, 5) is 22.6. The lowest BCUT2D eigenvalue weighted by atomic mass is 10.0. The Morgan fingerprint density at radius 2 is 1.73 bits per heavy atom. The van der Waals surface area contributed by atoms with Crippen molar-refractivity contribution in [3.05, 3.63) is 56.6 Å². The van der Waals surface area contributed by atoms with Gasteiger partial charge in [-0.05, 0) is 18.1 Å². The number of hydrogen-bond acceptors (Lipinski definition) is 2. The summed E-state index contributed by atoms with van der Waals surface area (Å²) >= 11 is 0. The van der Waals surface area contributed by atoms with Crippen molar-refractivity contribution in [3.8, 4) is 11.1 Å². The fourth-order valence-electron chi connectivity index (χ4n) is 1.49. The van der Waals surface area contributed by atoms with Gasteiger partial charge in [-0.2, -0.15) is 0 Å². The summed E-state index contributed by atoms with van der Waals surface area (Å²) in [6.45, 7) is 1.90. The third-order valence-electron chi connectivity index (χ3n) is 2.25. The molecule has 0 aliphatic heterocycles. The lowest BCUT2D eigenvalue weighted by Gasteiger charge is -2.02. The average molecular weight is 202 g/mol. The van der Waals surface area contributed by atoms with E-state index in [0.717, 1.165) is 11.1 Å². The molecular weight excluding hydrogens is 192 g/mol. The Morgan fingerprint density at radius 1 is 1.00 bits per heavy atom. The molecule has 0 aliphatic carbocycles. The van der Waals surface area contributed by atoms with E-state index < -0.39 is 0 Å². The molecule has 0 bridgehead atoms. The molecule has 4 nitrogen and oxygen atoms in total. The van der Waals surface area contributed by atoms with E-state index in [4.69, 9.17) is 0 Å². The number of aromatic amines is 2. The lowest BCUT2D eigenvalue weighted by molar-refractivity contribution is 0.954. The number of rotatable bonds is 1. The Bertz CT molecular complexity index is 596. The van der Waals surface area contributed by atoms with Crippen LogP contribution < -0.4 is 11.1 Å². The summed E-state index contributed by atoms with van der Waals surface area (Å²) in [7, 11) is 0. The lowest BCUT2D eigenvalue weighted by Crippen LogP contribution is -2.19. The van der Waals surface area contributed by atoms with Crippen molar-refractivity contribution >= 4 is 0 Å². The predicted molar refractivity (Wildman–Crippen MR) is 57.9 cm³/mol. The van der Waals surface area contributed by atoms with Gasteiger partial charge in [0.1, 0.15) is 0 Å². The quantitative estimate of drug-likeness (QED) is 0.725. The van der Waals surface area contributed by atoms with Crippen LogP contribution in [0.3, 0.4) is 0 Å². The van der Waals surface area contributed by atoms with Gasteiger partial charge in [-0.25, -0.2) is 0 Å². The van der Waals surface area contributed by atoms with Crippen LogP contribution >= 0.6 is 0 Å². The van der Waals surface area contributed by atoms with Gasteiger partial charge < -0.3 is 0 Å². The Labute approximate surface area is 85.6 Å². The van der Waals surface area contributed by atoms with Crippen molar-refractivity contribution in [1.82, 2.24) is 10.2 Å². The van der Waals surface area contributed by atoms with E-state index in [2.05, 4.69) is 10.2 Å². The molecule has 0 saturated heterocycles. The van der Waals surface area contributed by atoms with Gasteiger partial charge in [-0.3, -0.25) is 19.8 Å². The SMILES string of the molecule is Cc1ccccc1-c1cc(=O)[nH][nH]c1=O. The van der Waals surface area contributed by atoms with Crippen LogP contribution in [0.1, 0.15) is 5.56 Å². The molecule has 0 radical (unpaired) electrons. The molecule has 0 spiro atoms. The molecule has 2 aromatic rings. The van der Waals surface area contributed by atoms with Gasteiger partial charge in [0.15, 0.2) is 0 Å². The van der Waals surface area contributed by atoms with Crippen LogP contribution in [0.2, 0.25) is 0 Å². The maximum absolute atomic E-state index is 11.5. The molecule has 0 fully saturated rings. The Balaban J connectivity index is 2.75. The van der Waals surface area contributed by atoms with E-state index in [1.807, 2.05) is 31.2 Å². The number of aromatic nitrogens is 2. The Hall–Kier alpha value is -2.10. The summed E-state index contributed by atoms with van der Waals surface area (Å²) < 4.78 is 0. The van der Waals surface area contributed by atoms with Gasteiger partial charge in [0.05, 0.1) is 5.56 Å². The molecule has 0 aliphatic rings. The first-order chi connectivity index (χ1) is 7.18. The second-order valence-corrected chi connectivity index (χ2v) is 3.32. The fourth-order valence-corrected chi connectivity index (χ4v) is 1.49. The third-order valence-corrected chi connectivity index (χ3v) is 2.25. The zero-order valence-corrected chi connectivity index (χ0v) is 8.20. The summed E-state index contributed by atoms with van der Waals surface area (Å²) in [5.41, 5.74) is 1.55. The van der Waals surface area contributed by atoms with Gasteiger partial charge >= 0.3 is 0 Å². The molecule has 2 N–H and O–H groups in total. The van der Waals surface area contributed by atoms with E-state index in [1.165, 1.54) is 6.07 Å². The van der Waals surface area contributed by atoms with Crippen LogP contribution in [0.4, 0.5) is 0 Å². The summed E-state index contributed by atoms with van der Waals surface area (Å²) in [5.74, 6) is 0. The highest BCUT2D eigenvalue weighted by Crippen LogP contribution is 2.17. The Morgan fingerprint density at radius 3 is 2.47 bits per heavy atom. The van der Waals surface area contributed by atoms with Gasteiger partial charge in [-0.15, -0.1) is 0 Å². The number of benzene rings is 1. The fraction of sp³-hybridized carbons (Fsp3) is 0.0909. The molecule has 0 unspecified atom stereocenters. The van der Waals surface area contributed by atoms with Crippen LogP contribution in [0.5, 0.6) is 0 Å². The molecule has 2 rings (SSSR count). The van der Waals surface area contributed by atoms with Crippen molar-refractivity contribution < 1.29 is 0 Å². The molecule has 0 saturated carbocycles. The Kier molecular flexibility index (Phi) is 2.25. The molecule has 1 aromatic carbocycles. The number of aryl methyl sites for hydroxylation is 1. The molecule has 0 atom stereocenters.